The molecule has 1 aromatic carbocycles. The van der Waals surface area contributed by atoms with Crippen molar-refractivity contribution < 1.29 is 18.1 Å². The largest absolute Gasteiger partial charge is 0.475 e. The van der Waals surface area contributed by atoms with Gasteiger partial charge in [0.1, 0.15) is 5.52 Å². The number of hydrogen-bond donors (Lipinski definition) is 1. The van der Waals surface area contributed by atoms with Gasteiger partial charge in [0.15, 0.2) is 10.8 Å². The van der Waals surface area contributed by atoms with Crippen LogP contribution in [0.3, 0.4) is 0 Å². The Bertz CT molecular complexity index is 1170. The van der Waals surface area contributed by atoms with E-state index >= 15 is 0 Å². The number of nitrogens with zero attached hydrogens (tertiary/aromatic N) is 4. The summed E-state index contributed by atoms with van der Waals surface area (Å²) in [7, 11) is -3.63. The highest BCUT2D eigenvalue weighted by Crippen LogP contribution is 2.57. The van der Waals surface area contributed by atoms with Crippen LogP contribution in [0.5, 0.6) is 0 Å². The van der Waals surface area contributed by atoms with Crippen LogP contribution in [0.1, 0.15) is 30.6 Å². The Balaban J connectivity index is 1.23. The van der Waals surface area contributed by atoms with Crippen molar-refractivity contribution in [3.8, 4) is 0 Å². The van der Waals surface area contributed by atoms with Gasteiger partial charge in [-0.2, -0.15) is 9.97 Å². The SMILES string of the molecule is Nc1nc(Cl)c2ncn([C@H]3C=C[C@@H](COP4(=O)OCC[C@@H](c5ccccc5)O4)C3)c2n1. The summed E-state index contributed by atoms with van der Waals surface area (Å²) in [4.78, 5) is 12.5. The molecule has 1 fully saturated rings. The Morgan fingerprint density at radius 2 is 2.10 bits per heavy atom. The summed E-state index contributed by atoms with van der Waals surface area (Å²) in [6.07, 6.45) is 6.77. The summed E-state index contributed by atoms with van der Waals surface area (Å²) < 4.78 is 31.7. The maximum absolute atomic E-state index is 13.0. The second-order valence-electron chi connectivity index (χ2n) is 7.51. The fraction of sp³-hybridized carbons (Fsp3) is 0.350. The first-order valence-electron chi connectivity index (χ1n) is 9.97. The Kier molecular flexibility index (Phi) is 5.54. The van der Waals surface area contributed by atoms with E-state index in [0.29, 0.717) is 24.2 Å². The van der Waals surface area contributed by atoms with Crippen LogP contribution >= 0.6 is 19.4 Å². The third-order valence-electron chi connectivity index (χ3n) is 5.41. The molecule has 2 aromatic heterocycles. The number of benzene rings is 1. The van der Waals surface area contributed by atoms with Gasteiger partial charge in [-0.25, -0.2) is 9.55 Å². The standard InChI is InChI=1S/C20H21ClN5O4P/c21-18-17-19(25-20(22)24-18)26(12-23-17)15-7-6-13(10-15)11-29-31(27)28-9-8-16(30-31)14-4-2-1-3-5-14/h1-7,12-13,15-16H,8-11H2,(H2,22,24,25)/t13-,15+,16+,31?/m1/s1. The third kappa shape index (κ3) is 4.24. The van der Waals surface area contributed by atoms with Crippen LogP contribution in [0.15, 0.2) is 48.8 Å². The number of fused-ring (bicyclic) bond motifs is 1. The molecular weight excluding hydrogens is 441 g/mol. The van der Waals surface area contributed by atoms with Gasteiger partial charge in [0.05, 0.1) is 31.7 Å². The predicted octanol–water partition coefficient (Wildman–Crippen LogP) is 4.48. The summed E-state index contributed by atoms with van der Waals surface area (Å²) in [6.45, 7) is 0.541. The first-order valence-corrected chi connectivity index (χ1v) is 11.8. The first kappa shape index (κ1) is 20.6. The van der Waals surface area contributed by atoms with E-state index in [2.05, 4.69) is 15.0 Å². The number of phosphoric ester groups is 1. The maximum atomic E-state index is 13.0. The van der Waals surface area contributed by atoms with Crippen LogP contribution < -0.4 is 5.73 Å². The van der Waals surface area contributed by atoms with Gasteiger partial charge in [0.2, 0.25) is 5.95 Å². The van der Waals surface area contributed by atoms with Crippen molar-refractivity contribution in [1.29, 1.82) is 0 Å². The van der Waals surface area contributed by atoms with E-state index in [1.54, 1.807) is 6.33 Å². The summed E-state index contributed by atoms with van der Waals surface area (Å²) in [5.41, 5.74) is 7.77. The van der Waals surface area contributed by atoms with Gasteiger partial charge in [-0.1, -0.05) is 54.1 Å². The summed E-state index contributed by atoms with van der Waals surface area (Å²) in [5, 5.41) is 0.223. The van der Waals surface area contributed by atoms with Gasteiger partial charge in [0.25, 0.3) is 0 Å². The van der Waals surface area contributed by atoms with E-state index in [4.69, 9.17) is 30.9 Å². The minimum Gasteiger partial charge on any atom is -0.368 e. The average Bonchev–Trinajstić information content (AvgIpc) is 3.40. The molecule has 1 unspecified atom stereocenters. The molecule has 162 valence electrons. The van der Waals surface area contributed by atoms with Crippen LogP contribution in [0.25, 0.3) is 11.2 Å². The smallest absolute Gasteiger partial charge is 0.368 e. The number of nitrogen functional groups attached to an aromatic ring is 1. The number of allylic oxidation sites excluding steroid dienone is 1. The highest BCUT2D eigenvalue weighted by molar-refractivity contribution is 7.48. The number of nitrogens with two attached hydrogens (primary N) is 1. The molecule has 1 saturated heterocycles. The number of anilines is 1. The molecule has 3 heterocycles. The molecule has 2 N–H and O–H groups in total. The molecule has 4 atom stereocenters. The molecule has 0 spiro atoms. The average molecular weight is 462 g/mol. The lowest BCUT2D eigenvalue weighted by Gasteiger charge is -2.29. The van der Waals surface area contributed by atoms with E-state index < -0.39 is 7.82 Å². The molecule has 31 heavy (non-hydrogen) atoms. The zero-order valence-electron chi connectivity index (χ0n) is 16.5. The normalized spacial score (nSPS) is 28.4. The second kappa shape index (κ2) is 8.33. The predicted molar refractivity (Wildman–Crippen MR) is 115 cm³/mol. The summed E-state index contributed by atoms with van der Waals surface area (Å²) in [6, 6.07) is 9.67. The minimum absolute atomic E-state index is 0.00448. The highest BCUT2D eigenvalue weighted by atomic mass is 35.5. The van der Waals surface area contributed by atoms with Crippen LogP contribution in [-0.4, -0.2) is 32.7 Å². The number of imidazole rings is 1. The molecule has 2 aliphatic rings. The lowest BCUT2D eigenvalue weighted by Crippen LogP contribution is -2.17. The Morgan fingerprint density at radius 3 is 2.94 bits per heavy atom. The Hall–Kier alpha value is -2.29. The lowest BCUT2D eigenvalue weighted by molar-refractivity contribution is 0.0247. The number of rotatable bonds is 5. The van der Waals surface area contributed by atoms with Crippen LogP contribution in [0.2, 0.25) is 5.15 Å². The van der Waals surface area contributed by atoms with Gasteiger partial charge in [-0.15, -0.1) is 0 Å². The summed E-state index contributed by atoms with van der Waals surface area (Å²) in [5.74, 6) is 0.131. The number of halogens is 1. The molecule has 0 radical (unpaired) electrons. The number of aromatic nitrogens is 4. The molecule has 0 saturated carbocycles. The molecule has 3 aromatic rings. The van der Waals surface area contributed by atoms with Crippen LogP contribution in [0.4, 0.5) is 5.95 Å². The van der Waals surface area contributed by atoms with Crippen molar-refractivity contribution in [2.45, 2.75) is 25.0 Å². The molecule has 9 nitrogen and oxygen atoms in total. The van der Waals surface area contributed by atoms with Gasteiger partial charge in [0, 0.05) is 12.3 Å². The van der Waals surface area contributed by atoms with Crippen molar-refractivity contribution in [2.24, 2.45) is 5.92 Å². The quantitative estimate of drug-likeness (QED) is 0.336. The van der Waals surface area contributed by atoms with Crippen LogP contribution in [-0.2, 0) is 18.1 Å². The van der Waals surface area contributed by atoms with E-state index in [-0.39, 0.29) is 35.8 Å². The topological polar surface area (TPSA) is 114 Å². The molecule has 5 rings (SSSR count). The molecule has 1 aliphatic carbocycles. The van der Waals surface area contributed by atoms with Gasteiger partial charge < -0.3 is 10.3 Å². The Morgan fingerprint density at radius 1 is 1.26 bits per heavy atom. The second-order valence-corrected chi connectivity index (χ2v) is 9.49. The third-order valence-corrected chi connectivity index (χ3v) is 7.15. The zero-order chi connectivity index (χ0) is 21.4. The number of hydrogen-bond acceptors (Lipinski definition) is 8. The van der Waals surface area contributed by atoms with Crippen molar-refractivity contribution in [2.75, 3.05) is 18.9 Å². The molecule has 11 heteroatoms. The number of phosphoric acid groups is 1. The lowest BCUT2D eigenvalue weighted by atomic mass is 10.1. The van der Waals surface area contributed by atoms with Gasteiger partial charge >= 0.3 is 7.82 Å². The zero-order valence-corrected chi connectivity index (χ0v) is 18.2. The van der Waals surface area contributed by atoms with Crippen LogP contribution in [0, 0.1) is 5.92 Å². The van der Waals surface area contributed by atoms with Crippen molar-refractivity contribution >= 4 is 36.5 Å². The maximum Gasteiger partial charge on any atom is 0.475 e. The molecule has 0 bridgehead atoms. The summed E-state index contributed by atoms with van der Waals surface area (Å²) >= 11 is 6.11. The van der Waals surface area contributed by atoms with Crippen molar-refractivity contribution in [3.63, 3.8) is 0 Å². The molecular formula is C20H21ClN5O4P. The van der Waals surface area contributed by atoms with E-state index in [1.165, 1.54) is 0 Å². The monoisotopic (exact) mass is 461 g/mol. The fourth-order valence-electron chi connectivity index (χ4n) is 3.88. The molecule has 0 amide bonds. The fourth-order valence-corrected chi connectivity index (χ4v) is 5.54. The first-order chi connectivity index (χ1) is 15.0. The van der Waals surface area contributed by atoms with Gasteiger partial charge in [-0.05, 0) is 12.0 Å². The van der Waals surface area contributed by atoms with Crippen molar-refractivity contribution in [3.05, 3.63) is 59.5 Å². The van der Waals surface area contributed by atoms with E-state index in [0.717, 1.165) is 12.0 Å². The Labute approximate surface area is 183 Å². The van der Waals surface area contributed by atoms with Crippen molar-refractivity contribution in [1.82, 2.24) is 19.5 Å². The highest BCUT2D eigenvalue weighted by Gasteiger charge is 2.37. The van der Waals surface area contributed by atoms with Gasteiger partial charge in [-0.3, -0.25) is 13.6 Å². The minimum atomic E-state index is -3.63. The molecule has 1 aliphatic heterocycles. The van der Waals surface area contributed by atoms with E-state index in [1.807, 2.05) is 47.1 Å². The van der Waals surface area contributed by atoms with E-state index in [9.17, 15) is 4.57 Å².